The number of aryl methyl sites for hydroxylation is 1. The van der Waals surface area contributed by atoms with E-state index in [1.807, 2.05) is 6.92 Å². The highest BCUT2D eigenvalue weighted by molar-refractivity contribution is 6.31. The van der Waals surface area contributed by atoms with Crippen LogP contribution in [-0.2, 0) is 10.3 Å². The van der Waals surface area contributed by atoms with E-state index in [9.17, 15) is 9.90 Å². The fraction of sp³-hybridized carbons (Fsp3) is 0.364. The summed E-state index contributed by atoms with van der Waals surface area (Å²) >= 11 is 5.97. The summed E-state index contributed by atoms with van der Waals surface area (Å²) in [6, 6.07) is 3.31. The van der Waals surface area contributed by atoms with Crippen LogP contribution in [0.2, 0.25) is 5.02 Å². The lowest BCUT2D eigenvalue weighted by Gasteiger charge is -2.32. The van der Waals surface area contributed by atoms with Crippen molar-refractivity contribution in [2.24, 2.45) is 5.73 Å². The van der Waals surface area contributed by atoms with Crippen molar-refractivity contribution in [3.63, 3.8) is 0 Å². The molecule has 1 aromatic rings. The molecule has 0 amide bonds. The van der Waals surface area contributed by atoms with Crippen LogP contribution in [0.5, 0.6) is 5.75 Å². The van der Waals surface area contributed by atoms with Crippen LogP contribution in [-0.4, -0.2) is 17.7 Å². The van der Waals surface area contributed by atoms with Gasteiger partial charge in [0.1, 0.15) is 11.3 Å². The maximum absolute atomic E-state index is 11.2. The van der Waals surface area contributed by atoms with Gasteiger partial charge in [-0.3, -0.25) is 0 Å². The predicted octanol–water partition coefficient (Wildman–Crippen LogP) is 1.67. The first-order chi connectivity index (χ1) is 7.45. The zero-order chi connectivity index (χ0) is 11.9. The van der Waals surface area contributed by atoms with Gasteiger partial charge in [-0.25, -0.2) is 4.79 Å². The summed E-state index contributed by atoms with van der Waals surface area (Å²) in [5.74, 6) is -0.546. The number of aliphatic carboxylic acids is 1. The van der Waals surface area contributed by atoms with Crippen LogP contribution < -0.4 is 10.5 Å². The highest BCUT2D eigenvalue weighted by Crippen LogP contribution is 2.38. The normalized spacial score (nSPS) is 23.4. The number of hydrogen-bond acceptors (Lipinski definition) is 3. The third-order valence-electron chi connectivity index (χ3n) is 2.88. The van der Waals surface area contributed by atoms with E-state index >= 15 is 0 Å². The smallest absolute Gasteiger partial charge is 0.328 e. The van der Waals surface area contributed by atoms with E-state index < -0.39 is 11.5 Å². The minimum absolute atomic E-state index is 0.245. The highest BCUT2D eigenvalue weighted by Gasteiger charge is 2.41. The maximum Gasteiger partial charge on any atom is 0.328 e. The minimum Gasteiger partial charge on any atom is -0.493 e. The van der Waals surface area contributed by atoms with Crippen LogP contribution in [0.1, 0.15) is 17.5 Å². The number of carbonyl (C=O) groups is 1. The molecule has 1 unspecified atom stereocenters. The second-order valence-electron chi connectivity index (χ2n) is 3.97. The Hall–Kier alpha value is -1.26. The van der Waals surface area contributed by atoms with Crippen LogP contribution in [0.3, 0.4) is 0 Å². The molecule has 1 atom stereocenters. The number of nitrogens with two attached hydrogens (primary N) is 1. The van der Waals surface area contributed by atoms with Gasteiger partial charge in [0, 0.05) is 17.0 Å². The van der Waals surface area contributed by atoms with E-state index in [0.717, 1.165) is 5.56 Å². The summed E-state index contributed by atoms with van der Waals surface area (Å²) in [6.07, 6.45) is 0.245. The van der Waals surface area contributed by atoms with Crippen molar-refractivity contribution in [1.29, 1.82) is 0 Å². The van der Waals surface area contributed by atoms with Crippen molar-refractivity contribution >= 4 is 17.6 Å². The number of halogens is 1. The van der Waals surface area contributed by atoms with E-state index in [4.69, 9.17) is 22.1 Å². The molecule has 0 aliphatic carbocycles. The lowest BCUT2D eigenvalue weighted by Crippen LogP contribution is -2.48. The summed E-state index contributed by atoms with van der Waals surface area (Å²) in [5.41, 5.74) is 5.79. The SMILES string of the molecule is Cc1cc2c(cc1Cl)C(N)(C(=O)O)CCO2. The number of benzene rings is 1. The van der Waals surface area contributed by atoms with Gasteiger partial charge in [-0.15, -0.1) is 0 Å². The van der Waals surface area contributed by atoms with Gasteiger partial charge in [-0.05, 0) is 24.6 Å². The molecule has 0 fully saturated rings. The molecule has 5 heteroatoms. The molecule has 3 N–H and O–H groups in total. The van der Waals surface area contributed by atoms with Gasteiger partial charge in [0.2, 0.25) is 0 Å². The zero-order valence-corrected chi connectivity index (χ0v) is 9.54. The van der Waals surface area contributed by atoms with Crippen LogP contribution >= 0.6 is 11.6 Å². The fourth-order valence-electron chi connectivity index (χ4n) is 1.80. The Morgan fingerprint density at radius 3 is 2.94 bits per heavy atom. The van der Waals surface area contributed by atoms with Gasteiger partial charge in [0.25, 0.3) is 0 Å². The van der Waals surface area contributed by atoms with Gasteiger partial charge in [0.15, 0.2) is 0 Å². The molecule has 0 radical (unpaired) electrons. The molecule has 16 heavy (non-hydrogen) atoms. The first kappa shape index (κ1) is 11.2. The van der Waals surface area contributed by atoms with Crippen LogP contribution in [0.15, 0.2) is 12.1 Å². The number of hydrogen-bond donors (Lipinski definition) is 2. The largest absolute Gasteiger partial charge is 0.493 e. The zero-order valence-electron chi connectivity index (χ0n) is 8.79. The van der Waals surface area contributed by atoms with Gasteiger partial charge in [-0.2, -0.15) is 0 Å². The molecule has 0 bridgehead atoms. The second kappa shape index (κ2) is 3.64. The van der Waals surface area contributed by atoms with Crippen molar-refractivity contribution in [2.75, 3.05) is 6.61 Å². The quantitative estimate of drug-likeness (QED) is 0.785. The summed E-state index contributed by atoms with van der Waals surface area (Å²) in [4.78, 5) is 11.2. The first-order valence-corrected chi connectivity index (χ1v) is 5.28. The molecule has 4 nitrogen and oxygen atoms in total. The molecule has 86 valence electrons. The van der Waals surface area contributed by atoms with Crippen molar-refractivity contribution < 1.29 is 14.6 Å². The van der Waals surface area contributed by atoms with E-state index in [0.29, 0.717) is 22.9 Å². The van der Waals surface area contributed by atoms with E-state index in [-0.39, 0.29) is 6.42 Å². The first-order valence-electron chi connectivity index (χ1n) is 4.91. The number of ether oxygens (including phenoxy) is 1. The third-order valence-corrected chi connectivity index (χ3v) is 3.28. The maximum atomic E-state index is 11.2. The lowest BCUT2D eigenvalue weighted by molar-refractivity contribution is -0.144. The Morgan fingerprint density at radius 1 is 1.62 bits per heavy atom. The topological polar surface area (TPSA) is 72.6 Å². The molecule has 1 heterocycles. The summed E-state index contributed by atoms with van der Waals surface area (Å²) in [6.45, 7) is 2.14. The summed E-state index contributed by atoms with van der Waals surface area (Å²) < 4.78 is 5.40. The standard InChI is InChI=1S/C11H12ClNO3/c1-6-4-9-7(5-8(6)12)11(13,10(14)15)2-3-16-9/h4-5H,2-3,13H2,1H3,(H,14,15). The molecule has 0 saturated carbocycles. The molecule has 1 aliphatic rings. The number of rotatable bonds is 1. The number of carboxylic acid groups (broad SMARTS) is 1. The van der Waals surface area contributed by atoms with E-state index in [2.05, 4.69) is 0 Å². The van der Waals surface area contributed by atoms with Gasteiger partial charge in [0.05, 0.1) is 6.61 Å². The molecule has 1 aromatic carbocycles. The molecule has 0 aromatic heterocycles. The Kier molecular flexibility index (Phi) is 2.56. The van der Waals surface area contributed by atoms with Crippen molar-refractivity contribution in [2.45, 2.75) is 18.9 Å². The van der Waals surface area contributed by atoms with E-state index in [1.54, 1.807) is 12.1 Å². The molecule has 2 rings (SSSR count). The third kappa shape index (κ3) is 1.54. The Balaban J connectivity index is 2.63. The Bertz CT molecular complexity index is 461. The number of carboxylic acids is 1. The van der Waals surface area contributed by atoms with Gasteiger partial charge in [-0.1, -0.05) is 11.6 Å². The Morgan fingerprint density at radius 2 is 2.31 bits per heavy atom. The lowest BCUT2D eigenvalue weighted by atomic mass is 9.85. The van der Waals surface area contributed by atoms with Gasteiger partial charge < -0.3 is 15.6 Å². The second-order valence-corrected chi connectivity index (χ2v) is 4.38. The number of fused-ring (bicyclic) bond motifs is 1. The molecule has 0 spiro atoms. The minimum atomic E-state index is -1.40. The monoisotopic (exact) mass is 241 g/mol. The van der Waals surface area contributed by atoms with Crippen LogP contribution in [0.4, 0.5) is 0 Å². The fourth-order valence-corrected chi connectivity index (χ4v) is 1.97. The van der Waals surface area contributed by atoms with Crippen molar-refractivity contribution in [3.05, 3.63) is 28.3 Å². The average Bonchev–Trinajstić information content (AvgIpc) is 2.21. The summed E-state index contributed by atoms with van der Waals surface area (Å²) in [7, 11) is 0. The van der Waals surface area contributed by atoms with Crippen LogP contribution in [0.25, 0.3) is 0 Å². The molecule has 1 aliphatic heterocycles. The Labute approximate surface area is 98.0 Å². The summed E-state index contributed by atoms with van der Waals surface area (Å²) in [5, 5.41) is 9.68. The predicted molar refractivity (Wildman–Crippen MR) is 59.8 cm³/mol. The average molecular weight is 242 g/mol. The molecule has 0 saturated heterocycles. The van der Waals surface area contributed by atoms with Crippen molar-refractivity contribution in [3.8, 4) is 5.75 Å². The van der Waals surface area contributed by atoms with Crippen LogP contribution in [0, 0.1) is 6.92 Å². The molecular weight excluding hydrogens is 230 g/mol. The molecular formula is C11H12ClNO3. The highest BCUT2D eigenvalue weighted by atomic mass is 35.5. The van der Waals surface area contributed by atoms with Gasteiger partial charge >= 0.3 is 5.97 Å². The van der Waals surface area contributed by atoms with E-state index in [1.165, 1.54) is 0 Å². The van der Waals surface area contributed by atoms with Crippen molar-refractivity contribution in [1.82, 2.24) is 0 Å².